The second-order valence-corrected chi connectivity index (χ2v) is 5.00. The van der Waals surface area contributed by atoms with Crippen LogP contribution in [0.3, 0.4) is 0 Å². The van der Waals surface area contributed by atoms with Crippen molar-refractivity contribution in [3.05, 3.63) is 35.1 Å². The number of nitrogens with one attached hydrogen (secondary N) is 1. The monoisotopic (exact) mass is 287 g/mol. The average Bonchev–Trinajstić information content (AvgIpc) is 2.35. The van der Waals surface area contributed by atoms with E-state index in [0.29, 0.717) is 37.0 Å². The number of guanidine groups is 1. The zero-order valence-corrected chi connectivity index (χ0v) is 11.7. The quantitative estimate of drug-likeness (QED) is 0.480. The van der Waals surface area contributed by atoms with E-state index in [1.807, 2.05) is 0 Å². The lowest BCUT2D eigenvalue weighted by atomic mass is 10.1. The molecule has 0 amide bonds. The molecule has 0 radical (unpaired) electrons. The number of halogens is 3. The molecule has 0 saturated carbocycles. The van der Waals surface area contributed by atoms with Crippen molar-refractivity contribution in [1.29, 1.82) is 0 Å². The minimum atomic E-state index is -1.45. The SMILES string of the molecule is CC(C)CCN=C(N)NCCc1cc(F)c(F)c(F)c1. The molecule has 0 heterocycles. The molecule has 6 heteroatoms. The van der Waals surface area contributed by atoms with Gasteiger partial charge in [0.2, 0.25) is 0 Å². The van der Waals surface area contributed by atoms with Crippen molar-refractivity contribution >= 4 is 5.96 Å². The van der Waals surface area contributed by atoms with E-state index in [4.69, 9.17) is 5.73 Å². The summed E-state index contributed by atoms with van der Waals surface area (Å²) < 4.78 is 38.7. The van der Waals surface area contributed by atoms with E-state index in [1.54, 1.807) is 0 Å². The third-order valence-corrected chi connectivity index (χ3v) is 2.75. The predicted octanol–water partition coefficient (Wildman–Crippen LogP) is 2.60. The number of rotatable bonds is 6. The van der Waals surface area contributed by atoms with Crippen molar-refractivity contribution < 1.29 is 13.2 Å². The van der Waals surface area contributed by atoms with Gasteiger partial charge in [0.15, 0.2) is 23.4 Å². The third-order valence-electron chi connectivity index (χ3n) is 2.75. The Bertz CT molecular complexity index is 450. The van der Waals surface area contributed by atoms with Crippen LogP contribution in [0.4, 0.5) is 13.2 Å². The molecule has 1 rings (SSSR count). The largest absolute Gasteiger partial charge is 0.370 e. The second kappa shape index (κ2) is 7.77. The maximum atomic E-state index is 13.0. The molecule has 0 aromatic heterocycles. The van der Waals surface area contributed by atoms with Crippen molar-refractivity contribution in [2.75, 3.05) is 13.1 Å². The van der Waals surface area contributed by atoms with Crippen molar-refractivity contribution in [1.82, 2.24) is 5.32 Å². The molecule has 112 valence electrons. The second-order valence-electron chi connectivity index (χ2n) is 5.00. The highest BCUT2D eigenvalue weighted by molar-refractivity contribution is 5.77. The first-order valence-corrected chi connectivity index (χ1v) is 6.57. The molecule has 3 N–H and O–H groups in total. The summed E-state index contributed by atoms with van der Waals surface area (Å²) in [6.45, 7) is 5.20. The van der Waals surface area contributed by atoms with Crippen molar-refractivity contribution in [2.24, 2.45) is 16.6 Å². The number of hydrogen-bond acceptors (Lipinski definition) is 1. The summed E-state index contributed by atoms with van der Waals surface area (Å²) in [5.74, 6) is -2.96. The molecular formula is C14H20F3N3. The van der Waals surface area contributed by atoms with Crippen LogP contribution in [-0.4, -0.2) is 19.0 Å². The first kappa shape index (κ1) is 16.3. The Labute approximate surface area is 117 Å². The molecule has 1 aromatic rings. The lowest BCUT2D eigenvalue weighted by Gasteiger charge is -2.07. The van der Waals surface area contributed by atoms with Crippen LogP contribution in [0, 0.1) is 23.4 Å². The maximum Gasteiger partial charge on any atom is 0.194 e. The zero-order valence-electron chi connectivity index (χ0n) is 11.7. The smallest absolute Gasteiger partial charge is 0.194 e. The number of benzene rings is 1. The molecule has 20 heavy (non-hydrogen) atoms. The van der Waals surface area contributed by atoms with Crippen LogP contribution in [0.1, 0.15) is 25.8 Å². The standard InChI is InChI=1S/C14H20F3N3/c1-9(2)3-5-19-14(18)20-6-4-10-7-11(15)13(17)12(16)8-10/h7-9H,3-6H2,1-2H3,(H3,18,19,20). The van der Waals surface area contributed by atoms with E-state index in [9.17, 15) is 13.2 Å². The number of hydrogen-bond donors (Lipinski definition) is 2. The summed E-state index contributed by atoms with van der Waals surface area (Å²) >= 11 is 0. The van der Waals surface area contributed by atoms with Crippen molar-refractivity contribution in [2.45, 2.75) is 26.7 Å². The molecule has 0 fully saturated rings. The molecule has 0 atom stereocenters. The van der Waals surface area contributed by atoms with Gasteiger partial charge in [-0.1, -0.05) is 13.8 Å². The Kier molecular flexibility index (Phi) is 6.35. The van der Waals surface area contributed by atoms with E-state index in [1.165, 1.54) is 0 Å². The maximum absolute atomic E-state index is 13.0. The first-order chi connectivity index (χ1) is 9.40. The van der Waals surface area contributed by atoms with Crippen LogP contribution in [-0.2, 0) is 6.42 Å². The highest BCUT2D eigenvalue weighted by Crippen LogP contribution is 2.13. The van der Waals surface area contributed by atoms with E-state index in [-0.39, 0.29) is 0 Å². The van der Waals surface area contributed by atoms with Gasteiger partial charge in [-0.05, 0) is 36.5 Å². The molecule has 0 aliphatic rings. The third kappa shape index (κ3) is 5.50. The van der Waals surface area contributed by atoms with Crippen LogP contribution in [0.2, 0.25) is 0 Å². The normalized spacial score (nSPS) is 12.0. The Morgan fingerprint density at radius 3 is 2.40 bits per heavy atom. The fraction of sp³-hybridized carbons (Fsp3) is 0.500. The van der Waals surface area contributed by atoms with Gasteiger partial charge in [-0.3, -0.25) is 4.99 Å². The van der Waals surface area contributed by atoms with Gasteiger partial charge in [0, 0.05) is 13.1 Å². The average molecular weight is 287 g/mol. The highest BCUT2D eigenvalue weighted by Gasteiger charge is 2.10. The van der Waals surface area contributed by atoms with E-state index >= 15 is 0 Å². The van der Waals surface area contributed by atoms with Gasteiger partial charge in [-0.2, -0.15) is 0 Å². The fourth-order valence-corrected chi connectivity index (χ4v) is 1.59. The van der Waals surface area contributed by atoms with Crippen LogP contribution >= 0.6 is 0 Å². The molecule has 0 spiro atoms. The number of nitrogens with two attached hydrogens (primary N) is 1. The van der Waals surface area contributed by atoms with Crippen LogP contribution in [0.25, 0.3) is 0 Å². The Morgan fingerprint density at radius 1 is 1.25 bits per heavy atom. The minimum Gasteiger partial charge on any atom is -0.370 e. The zero-order chi connectivity index (χ0) is 15.1. The molecule has 0 aliphatic carbocycles. The lowest BCUT2D eigenvalue weighted by Crippen LogP contribution is -2.33. The van der Waals surface area contributed by atoms with Crippen molar-refractivity contribution in [3.63, 3.8) is 0 Å². The Hall–Kier alpha value is -1.72. The van der Waals surface area contributed by atoms with Gasteiger partial charge in [-0.25, -0.2) is 13.2 Å². The molecule has 0 unspecified atom stereocenters. The van der Waals surface area contributed by atoms with E-state index in [2.05, 4.69) is 24.2 Å². The lowest BCUT2D eigenvalue weighted by molar-refractivity contribution is 0.445. The van der Waals surface area contributed by atoms with Crippen molar-refractivity contribution in [3.8, 4) is 0 Å². The Balaban J connectivity index is 2.41. The minimum absolute atomic E-state index is 0.300. The molecule has 0 bridgehead atoms. The Morgan fingerprint density at radius 2 is 1.85 bits per heavy atom. The number of aliphatic imine (C=N–C) groups is 1. The highest BCUT2D eigenvalue weighted by atomic mass is 19.2. The van der Waals surface area contributed by atoms with Gasteiger partial charge in [0.1, 0.15) is 0 Å². The van der Waals surface area contributed by atoms with Gasteiger partial charge in [0.25, 0.3) is 0 Å². The number of nitrogens with zero attached hydrogens (tertiary/aromatic N) is 1. The molecule has 3 nitrogen and oxygen atoms in total. The van der Waals surface area contributed by atoms with Gasteiger partial charge >= 0.3 is 0 Å². The van der Waals surface area contributed by atoms with Crippen LogP contribution in [0.5, 0.6) is 0 Å². The predicted molar refractivity (Wildman–Crippen MR) is 74.0 cm³/mol. The van der Waals surface area contributed by atoms with Crippen LogP contribution in [0.15, 0.2) is 17.1 Å². The molecule has 1 aromatic carbocycles. The molecule has 0 saturated heterocycles. The molecular weight excluding hydrogens is 267 g/mol. The summed E-state index contributed by atoms with van der Waals surface area (Å²) in [6, 6.07) is 1.96. The van der Waals surface area contributed by atoms with Gasteiger partial charge < -0.3 is 11.1 Å². The topological polar surface area (TPSA) is 50.4 Å². The van der Waals surface area contributed by atoms with E-state index in [0.717, 1.165) is 18.6 Å². The van der Waals surface area contributed by atoms with Crippen LogP contribution < -0.4 is 11.1 Å². The summed E-state index contributed by atoms with van der Waals surface area (Å²) in [5, 5.41) is 2.85. The summed E-state index contributed by atoms with van der Waals surface area (Å²) in [7, 11) is 0. The molecule has 0 aliphatic heterocycles. The van der Waals surface area contributed by atoms with Gasteiger partial charge in [0.05, 0.1) is 0 Å². The summed E-state index contributed by atoms with van der Waals surface area (Å²) in [4.78, 5) is 4.12. The summed E-state index contributed by atoms with van der Waals surface area (Å²) in [6.07, 6.45) is 1.27. The first-order valence-electron chi connectivity index (χ1n) is 6.57. The fourth-order valence-electron chi connectivity index (χ4n) is 1.59. The van der Waals surface area contributed by atoms with Gasteiger partial charge in [-0.15, -0.1) is 0 Å². The summed E-state index contributed by atoms with van der Waals surface area (Å²) in [5.41, 5.74) is 6.00. The van der Waals surface area contributed by atoms with E-state index < -0.39 is 17.5 Å².